The van der Waals surface area contributed by atoms with E-state index in [1.165, 1.54) is 19.6 Å². The first kappa shape index (κ1) is 20.1. The zero-order chi connectivity index (χ0) is 16.6. The van der Waals surface area contributed by atoms with Crippen molar-refractivity contribution < 1.29 is 64.2 Å². The van der Waals surface area contributed by atoms with Crippen LogP contribution in [0.4, 0.5) is 39.5 Å². The Morgan fingerprint density at radius 1 is 0.700 bits per heavy atom. The van der Waals surface area contributed by atoms with E-state index in [2.05, 4.69) is 6.82 Å². The van der Waals surface area contributed by atoms with Gasteiger partial charge in [0.25, 0.3) is 0 Å². The van der Waals surface area contributed by atoms with E-state index >= 15 is 0 Å². The zero-order valence-corrected chi connectivity index (χ0v) is 14.4. The topological polar surface area (TPSA) is 18.5 Å². The molecular weight excluding hydrogens is 381 g/mol. The van der Waals surface area contributed by atoms with E-state index in [1.807, 2.05) is 0 Å². The Bertz CT molecular complexity index is 293. The summed E-state index contributed by atoms with van der Waals surface area (Å²) in [5.41, 5.74) is -6.19. The molecule has 0 aliphatic heterocycles. The Labute approximate surface area is 117 Å². The molecule has 0 bridgehead atoms. The summed E-state index contributed by atoms with van der Waals surface area (Å²) in [4.78, 5) is 0. The van der Waals surface area contributed by atoms with Crippen LogP contribution in [0, 0.1) is 0 Å². The third kappa shape index (κ3) is 4.31. The van der Waals surface area contributed by atoms with E-state index in [4.69, 9.17) is 0 Å². The van der Waals surface area contributed by atoms with Crippen LogP contribution in [-0.4, -0.2) is 32.4 Å². The number of rotatable bonds is 4. The van der Waals surface area contributed by atoms with Gasteiger partial charge in [0.2, 0.25) is 0 Å². The predicted octanol–water partition coefficient (Wildman–Crippen LogP) is 4.19. The minimum absolute atomic E-state index is 1.40. The second-order valence-corrected chi connectivity index (χ2v) is 12.1. The summed E-state index contributed by atoms with van der Waals surface area (Å²) in [6.45, 7) is 4.20. The summed E-state index contributed by atoms with van der Waals surface area (Å²) in [5.74, 6) is 0. The van der Waals surface area contributed by atoms with Crippen molar-refractivity contribution in [2.75, 3.05) is 0 Å². The molecule has 0 spiro atoms. The molecule has 0 aliphatic carbocycles. The van der Waals surface area contributed by atoms with Crippen molar-refractivity contribution in [3.8, 4) is 0 Å². The van der Waals surface area contributed by atoms with Crippen molar-refractivity contribution in [1.29, 1.82) is 0 Å². The first-order valence-electron chi connectivity index (χ1n) is 4.94. The van der Waals surface area contributed by atoms with Gasteiger partial charge in [-0.15, -0.1) is 0 Å². The Kier molecular flexibility index (Phi) is 5.77. The second-order valence-electron chi connectivity index (χ2n) is 4.69. The maximum atomic E-state index is 12.4. The van der Waals surface area contributed by atoms with E-state index in [-0.39, 0.29) is 0 Å². The van der Waals surface area contributed by atoms with Crippen LogP contribution in [-0.2, 0) is 24.7 Å². The Morgan fingerprint density at radius 2 is 1.00 bits per heavy atom. The van der Waals surface area contributed by atoms with Gasteiger partial charge in [0.15, 0.2) is 0 Å². The van der Waals surface area contributed by atoms with Crippen molar-refractivity contribution in [3.05, 3.63) is 0 Å². The van der Waals surface area contributed by atoms with Gasteiger partial charge in [0.1, 0.15) is 0 Å². The summed E-state index contributed by atoms with van der Waals surface area (Å²) >= 11 is -3.61. The molecule has 118 valence electrons. The Hall–Kier alpha value is 0.130. The van der Waals surface area contributed by atoms with Gasteiger partial charge in [-0.3, -0.25) is 0 Å². The molecule has 0 aromatic heterocycles. The first-order chi connectivity index (χ1) is 8.46. The van der Waals surface area contributed by atoms with Gasteiger partial charge in [-0.2, -0.15) is 0 Å². The normalized spacial score (nSPS) is 15.2. The molecule has 0 N–H and O–H groups in total. The third-order valence-electron chi connectivity index (χ3n) is 1.96. The molecule has 0 fully saturated rings. The van der Waals surface area contributed by atoms with Gasteiger partial charge in [0, 0.05) is 0 Å². The quantitative estimate of drug-likeness (QED) is 0.530. The van der Waals surface area contributed by atoms with Crippen LogP contribution in [0.3, 0.4) is 0 Å². The second kappa shape index (κ2) is 5.73. The summed E-state index contributed by atoms with van der Waals surface area (Å²) in [7, 11) is -2.58. The SMILES string of the molecule is C[Si](C)(C)[O][Zn][O]C(C(F)(F)F)(C(F)(F)F)C(F)(F)F. The van der Waals surface area contributed by atoms with Crippen LogP contribution in [0.5, 0.6) is 0 Å². The van der Waals surface area contributed by atoms with E-state index < -0.39 is 50.3 Å². The summed E-state index contributed by atoms with van der Waals surface area (Å²) in [5, 5.41) is 0. The van der Waals surface area contributed by atoms with Crippen LogP contribution < -0.4 is 0 Å². The molecule has 0 aliphatic rings. The first-order valence-corrected chi connectivity index (χ1v) is 10.8. The molecule has 0 saturated carbocycles. The van der Waals surface area contributed by atoms with E-state index in [0.717, 1.165) is 0 Å². The van der Waals surface area contributed by atoms with Gasteiger partial charge in [0.05, 0.1) is 0 Å². The molecule has 0 saturated heterocycles. The molecule has 13 heteroatoms. The van der Waals surface area contributed by atoms with Crippen molar-refractivity contribution in [3.63, 3.8) is 0 Å². The van der Waals surface area contributed by atoms with Gasteiger partial charge in [-0.25, -0.2) is 0 Å². The zero-order valence-electron chi connectivity index (χ0n) is 10.4. The number of hydrogen-bond donors (Lipinski definition) is 0. The van der Waals surface area contributed by atoms with Crippen LogP contribution in [0.15, 0.2) is 0 Å². The summed E-state index contributed by atoms with van der Waals surface area (Å²) < 4.78 is 120. The van der Waals surface area contributed by atoms with Crippen molar-refractivity contribution in [2.24, 2.45) is 0 Å². The molecule has 0 rings (SSSR count). The summed E-state index contributed by atoms with van der Waals surface area (Å²) in [6.07, 6.45) is -20.0. The van der Waals surface area contributed by atoms with Crippen molar-refractivity contribution in [1.82, 2.24) is 0 Å². The Balaban J connectivity index is 5.58. The molecule has 2 nitrogen and oxygen atoms in total. The number of hydrogen-bond acceptors (Lipinski definition) is 2. The minimum atomic E-state index is -6.68. The average molecular weight is 390 g/mol. The molecule has 0 amide bonds. The van der Waals surface area contributed by atoms with Crippen molar-refractivity contribution in [2.45, 2.75) is 43.8 Å². The average Bonchev–Trinajstić information content (AvgIpc) is 2.03. The Morgan fingerprint density at radius 3 is 1.20 bits per heavy atom. The maximum absolute atomic E-state index is 12.4. The van der Waals surface area contributed by atoms with Crippen LogP contribution in [0.25, 0.3) is 0 Å². The fraction of sp³-hybridized carbons (Fsp3) is 1.00. The molecule has 20 heavy (non-hydrogen) atoms. The molecular formula is C7H9F9O2SiZn. The summed E-state index contributed by atoms with van der Waals surface area (Å²) in [6, 6.07) is 0. The number of alkyl halides is 9. The third-order valence-corrected chi connectivity index (χ3v) is 10.3. The van der Waals surface area contributed by atoms with Crippen LogP contribution >= 0.6 is 0 Å². The molecule has 0 atom stereocenters. The van der Waals surface area contributed by atoms with Crippen LogP contribution in [0.1, 0.15) is 0 Å². The standard InChI is InChI=1S/C4F9O.C3H9OSi.Zn/c5-2(6,7)1(14,3(8,9)10)4(11,12)13;1-5(2,3)4;/h;1-3H3;/q2*-1;+2. The van der Waals surface area contributed by atoms with Gasteiger partial charge in [-0.05, 0) is 0 Å². The fourth-order valence-electron chi connectivity index (χ4n) is 1.02. The van der Waals surface area contributed by atoms with E-state index in [9.17, 15) is 39.5 Å². The molecule has 0 aromatic rings. The number of halogens is 9. The molecule has 0 unspecified atom stereocenters. The van der Waals surface area contributed by atoms with Crippen molar-refractivity contribution >= 4 is 8.32 Å². The van der Waals surface area contributed by atoms with E-state index in [1.54, 1.807) is 0 Å². The monoisotopic (exact) mass is 388 g/mol. The molecule has 0 aromatic carbocycles. The fourth-order valence-corrected chi connectivity index (χ4v) is 5.43. The molecule has 0 radical (unpaired) electrons. The van der Waals surface area contributed by atoms with E-state index in [0.29, 0.717) is 0 Å². The predicted molar refractivity (Wildman–Crippen MR) is 46.4 cm³/mol. The van der Waals surface area contributed by atoms with Gasteiger partial charge >= 0.3 is 116 Å². The van der Waals surface area contributed by atoms with Crippen LogP contribution in [0.2, 0.25) is 19.6 Å². The van der Waals surface area contributed by atoms with Gasteiger partial charge < -0.3 is 0 Å². The molecule has 0 heterocycles. The van der Waals surface area contributed by atoms with Gasteiger partial charge in [-0.1, -0.05) is 0 Å².